The Hall–Kier alpha value is -3.26. The van der Waals surface area contributed by atoms with Gasteiger partial charge in [0.25, 0.3) is 0 Å². The summed E-state index contributed by atoms with van der Waals surface area (Å²) in [5.74, 6) is 0.383. The van der Waals surface area contributed by atoms with Gasteiger partial charge >= 0.3 is 6.18 Å². The summed E-state index contributed by atoms with van der Waals surface area (Å²) in [4.78, 5) is 17.6. The van der Waals surface area contributed by atoms with Crippen molar-refractivity contribution < 1.29 is 27.8 Å². The van der Waals surface area contributed by atoms with E-state index in [9.17, 15) is 23.1 Å². The number of hydrogen-bond donors (Lipinski definition) is 1. The summed E-state index contributed by atoms with van der Waals surface area (Å²) in [6.45, 7) is 8.00. The van der Waals surface area contributed by atoms with Crippen LogP contribution in [0.1, 0.15) is 48.4 Å². The quantitative estimate of drug-likeness (QED) is 0.400. The molecule has 206 valence electrons. The number of aromatic hydroxyl groups is 1. The van der Waals surface area contributed by atoms with Crippen LogP contribution < -0.4 is 4.74 Å². The van der Waals surface area contributed by atoms with Gasteiger partial charge in [-0.15, -0.1) is 6.58 Å². The van der Waals surface area contributed by atoms with Crippen LogP contribution in [0.15, 0.2) is 55.1 Å². The number of hydrogen-bond acceptors (Lipinski definition) is 4. The molecular weight excluding hydrogens is 505 g/mol. The Bertz CT molecular complexity index is 1370. The fourth-order valence-electron chi connectivity index (χ4n) is 8.11. The molecule has 2 bridgehead atoms. The zero-order chi connectivity index (χ0) is 27.7. The number of nitrogens with zero attached hydrogens (tertiary/aromatic N) is 2. The van der Waals surface area contributed by atoms with Gasteiger partial charge in [-0.25, -0.2) is 0 Å². The third-order valence-corrected chi connectivity index (χ3v) is 9.95. The van der Waals surface area contributed by atoms with Crippen LogP contribution in [0.2, 0.25) is 0 Å². The predicted molar refractivity (Wildman–Crippen MR) is 142 cm³/mol. The molecule has 1 amide bonds. The fourth-order valence-corrected chi connectivity index (χ4v) is 8.11. The highest BCUT2D eigenvalue weighted by atomic mass is 19.4. The molecule has 5 nitrogen and oxygen atoms in total. The first-order chi connectivity index (χ1) is 18.5. The van der Waals surface area contributed by atoms with Gasteiger partial charge in [-0.2, -0.15) is 13.2 Å². The van der Waals surface area contributed by atoms with E-state index in [0.29, 0.717) is 17.4 Å². The van der Waals surface area contributed by atoms with Gasteiger partial charge in [0.2, 0.25) is 5.91 Å². The first kappa shape index (κ1) is 26.0. The van der Waals surface area contributed by atoms with Crippen molar-refractivity contribution >= 4 is 12.0 Å². The fraction of sp³-hybridized carbons (Fsp3) is 0.452. The second-order valence-electron chi connectivity index (χ2n) is 11.6. The summed E-state index contributed by atoms with van der Waals surface area (Å²) in [5.41, 5.74) is 1.40. The van der Waals surface area contributed by atoms with Crippen LogP contribution in [-0.2, 0) is 22.8 Å². The van der Waals surface area contributed by atoms with Crippen molar-refractivity contribution in [3.05, 3.63) is 77.4 Å². The molecule has 2 heterocycles. The molecule has 39 heavy (non-hydrogen) atoms. The molecule has 2 aromatic carbocycles. The number of rotatable bonds is 5. The molecule has 1 spiro atoms. The highest BCUT2D eigenvalue weighted by Gasteiger charge is 2.71. The lowest BCUT2D eigenvalue weighted by atomic mass is 9.43. The predicted octanol–water partition coefficient (Wildman–Crippen LogP) is 5.57. The average molecular weight is 539 g/mol. The molecule has 6 rings (SSSR count). The van der Waals surface area contributed by atoms with Gasteiger partial charge in [0.1, 0.15) is 6.10 Å². The molecule has 1 saturated carbocycles. The van der Waals surface area contributed by atoms with Crippen molar-refractivity contribution in [3.63, 3.8) is 0 Å². The largest absolute Gasteiger partial charge is 0.504 e. The summed E-state index contributed by atoms with van der Waals surface area (Å²) in [6.07, 6.45) is 3.28. The first-order valence-corrected chi connectivity index (χ1v) is 13.5. The molecule has 4 aliphatic rings. The van der Waals surface area contributed by atoms with E-state index >= 15 is 0 Å². The van der Waals surface area contributed by atoms with Crippen LogP contribution in [0.25, 0.3) is 6.08 Å². The maximum absolute atomic E-state index is 13.4. The number of phenolic OH excluding ortho intramolecular Hbond substituents is 1. The number of alkyl halides is 3. The molecule has 0 radical (unpaired) electrons. The molecule has 1 saturated heterocycles. The van der Waals surface area contributed by atoms with Crippen LogP contribution in [-0.4, -0.2) is 59.1 Å². The summed E-state index contributed by atoms with van der Waals surface area (Å²) in [7, 11) is 1.74. The molecule has 2 aromatic rings. The van der Waals surface area contributed by atoms with Gasteiger partial charge < -0.3 is 14.7 Å². The minimum atomic E-state index is -4.45. The second-order valence-corrected chi connectivity index (χ2v) is 11.6. The number of amides is 1. The number of ether oxygens (including phenoxy) is 1. The van der Waals surface area contributed by atoms with Crippen molar-refractivity contribution in [1.29, 1.82) is 0 Å². The van der Waals surface area contributed by atoms with Gasteiger partial charge in [0, 0.05) is 36.7 Å². The Morgan fingerprint density at radius 2 is 2.08 bits per heavy atom. The molecule has 2 fully saturated rings. The smallest absolute Gasteiger partial charge is 0.416 e. The number of halogens is 3. The van der Waals surface area contributed by atoms with Crippen molar-refractivity contribution in [2.75, 3.05) is 20.1 Å². The maximum Gasteiger partial charge on any atom is 0.416 e. The van der Waals surface area contributed by atoms with Gasteiger partial charge in [0.15, 0.2) is 11.5 Å². The van der Waals surface area contributed by atoms with Crippen LogP contribution >= 0.6 is 0 Å². The molecule has 0 aromatic heterocycles. The van der Waals surface area contributed by atoms with Crippen LogP contribution in [0.3, 0.4) is 0 Å². The van der Waals surface area contributed by atoms with E-state index in [4.69, 9.17) is 4.74 Å². The molecule has 2 aliphatic heterocycles. The molecule has 5 atom stereocenters. The van der Waals surface area contributed by atoms with E-state index in [0.717, 1.165) is 56.5 Å². The number of carbonyl (C=O) groups is 1. The second kappa shape index (κ2) is 8.88. The van der Waals surface area contributed by atoms with Crippen molar-refractivity contribution in [2.24, 2.45) is 5.41 Å². The lowest BCUT2D eigenvalue weighted by Crippen LogP contribution is -2.73. The lowest BCUT2D eigenvalue weighted by Gasteiger charge is -2.66. The average Bonchev–Trinajstić information content (AvgIpc) is 3.25. The lowest BCUT2D eigenvalue weighted by molar-refractivity contribution is -0.149. The summed E-state index contributed by atoms with van der Waals surface area (Å²) >= 11 is 0. The Morgan fingerprint density at radius 1 is 1.28 bits per heavy atom. The zero-order valence-electron chi connectivity index (χ0n) is 22.2. The standard InChI is InChI=1S/C31H33F3N2O3/c1-4-15-36-16-14-30-26-20-9-10-23(37)27(26)39-28(30)22(12-13-29(30,2)24(36)18-20)35(3)25(38)11-8-19-6-5-7-21(17-19)31(32,33)34/h4-11,17,22,24,28,37H,1,12-16,18H2,2-3H3/t22-,24+,28-,29-,30-/m0/s1. The molecule has 1 N–H and O–H groups in total. The normalized spacial score (nSPS) is 31.1. The number of piperidine rings is 1. The molecule has 0 unspecified atom stereocenters. The van der Waals surface area contributed by atoms with Crippen LogP contribution in [0, 0.1) is 5.41 Å². The molecular formula is C31H33F3N2O3. The van der Waals surface area contributed by atoms with E-state index in [-0.39, 0.29) is 34.6 Å². The Balaban J connectivity index is 1.34. The number of carbonyl (C=O) groups excluding carboxylic acids is 1. The Labute approximate surface area is 226 Å². The molecule has 2 aliphatic carbocycles. The SMILES string of the molecule is C=CCN1CC[C@]23c4c5ccc(O)c4O[C@H]2[C@@H](N(C)C(=O)C=Cc2cccc(C(F)(F)F)c2)CC[C@@]3(C)[C@H]1C5. The Morgan fingerprint density at radius 3 is 2.82 bits per heavy atom. The molecule has 8 heteroatoms. The Kier molecular flexibility index (Phi) is 5.92. The van der Waals surface area contributed by atoms with Crippen molar-refractivity contribution in [2.45, 2.75) is 62.4 Å². The highest BCUT2D eigenvalue weighted by molar-refractivity contribution is 5.92. The van der Waals surface area contributed by atoms with E-state index in [1.54, 1.807) is 24.1 Å². The van der Waals surface area contributed by atoms with E-state index in [1.807, 2.05) is 12.1 Å². The third-order valence-electron chi connectivity index (χ3n) is 9.95. The minimum Gasteiger partial charge on any atom is -0.504 e. The van der Waals surface area contributed by atoms with Gasteiger partial charge in [-0.1, -0.05) is 31.2 Å². The number of benzene rings is 2. The first-order valence-electron chi connectivity index (χ1n) is 13.5. The van der Waals surface area contributed by atoms with Crippen molar-refractivity contribution in [1.82, 2.24) is 9.80 Å². The highest BCUT2D eigenvalue weighted by Crippen LogP contribution is 2.69. The monoisotopic (exact) mass is 538 g/mol. The van der Waals surface area contributed by atoms with Gasteiger partial charge in [-0.3, -0.25) is 9.69 Å². The van der Waals surface area contributed by atoms with Crippen LogP contribution in [0.4, 0.5) is 13.2 Å². The summed E-state index contributed by atoms with van der Waals surface area (Å²) in [6, 6.07) is 8.70. The van der Waals surface area contributed by atoms with E-state index < -0.39 is 11.7 Å². The number of likely N-dealkylation sites (N-methyl/N-ethyl adjacent to an activating group) is 1. The summed E-state index contributed by atoms with van der Waals surface area (Å²) < 4.78 is 46.0. The van der Waals surface area contributed by atoms with E-state index in [1.165, 1.54) is 23.8 Å². The summed E-state index contributed by atoms with van der Waals surface area (Å²) in [5, 5.41) is 10.8. The topological polar surface area (TPSA) is 53.0 Å². The van der Waals surface area contributed by atoms with Crippen molar-refractivity contribution in [3.8, 4) is 11.5 Å². The zero-order valence-corrected chi connectivity index (χ0v) is 22.2. The third kappa shape index (κ3) is 3.67. The van der Waals surface area contributed by atoms with Gasteiger partial charge in [0.05, 0.1) is 11.6 Å². The maximum atomic E-state index is 13.4. The number of phenols is 1. The van der Waals surface area contributed by atoms with Crippen LogP contribution in [0.5, 0.6) is 11.5 Å². The van der Waals surface area contributed by atoms with E-state index in [2.05, 4.69) is 18.4 Å². The minimum absolute atomic E-state index is 0.112. The van der Waals surface area contributed by atoms with Gasteiger partial charge in [-0.05, 0) is 73.0 Å². The number of likely N-dealkylation sites (tertiary alicyclic amines) is 1.